The van der Waals surface area contributed by atoms with E-state index in [1.165, 1.54) is 31.0 Å². The lowest BCUT2D eigenvalue weighted by Crippen LogP contribution is -2.17. The second-order valence-corrected chi connectivity index (χ2v) is 7.28. The molecule has 0 radical (unpaired) electrons. The Balaban J connectivity index is 2.14. The van der Waals surface area contributed by atoms with Crippen LogP contribution in [0.2, 0.25) is 10.0 Å². The van der Waals surface area contributed by atoms with E-state index in [1.54, 1.807) is 0 Å². The molecule has 0 aliphatic carbocycles. The number of halogens is 3. The summed E-state index contributed by atoms with van der Waals surface area (Å²) in [7, 11) is 1.24. The maximum atomic E-state index is 12.2. The second kappa shape index (κ2) is 8.76. The van der Waals surface area contributed by atoms with Gasteiger partial charge < -0.3 is 10.1 Å². The SMILES string of the molecule is COC(=O)c1c(Cl)cc(Cl)cc1NC(=O)CSc1ccccc1Br. The van der Waals surface area contributed by atoms with Crippen LogP contribution in [0.25, 0.3) is 0 Å². The van der Waals surface area contributed by atoms with Crippen molar-refractivity contribution in [3.05, 3.63) is 56.5 Å². The van der Waals surface area contributed by atoms with Crippen LogP contribution >= 0.6 is 50.9 Å². The highest BCUT2D eigenvalue weighted by molar-refractivity contribution is 9.10. The number of carbonyl (C=O) groups excluding carboxylic acids is 2. The van der Waals surface area contributed by atoms with Gasteiger partial charge in [0.05, 0.1) is 23.6 Å². The highest BCUT2D eigenvalue weighted by atomic mass is 79.9. The van der Waals surface area contributed by atoms with Crippen LogP contribution < -0.4 is 5.32 Å². The molecule has 0 spiro atoms. The normalized spacial score (nSPS) is 10.3. The fourth-order valence-electron chi connectivity index (χ4n) is 1.87. The molecular formula is C16H12BrCl2NO3S. The molecule has 126 valence electrons. The van der Waals surface area contributed by atoms with E-state index in [0.29, 0.717) is 5.02 Å². The Morgan fingerprint density at radius 1 is 1.25 bits per heavy atom. The number of nitrogens with one attached hydrogen (secondary N) is 1. The monoisotopic (exact) mass is 447 g/mol. The minimum Gasteiger partial charge on any atom is -0.465 e. The molecule has 1 amide bonds. The summed E-state index contributed by atoms with van der Waals surface area (Å²) in [5.74, 6) is -0.780. The number of methoxy groups -OCH3 is 1. The van der Waals surface area contributed by atoms with Crippen molar-refractivity contribution in [3.8, 4) is 0 Å². The first kappa shape index (κ1) is 19.1. The fraction of sp³-hybridized carbons (Fsp3) is 0.125. The predicted molar refractivity (Wildman–Crippen MR) is 101 cm³/mol. The molecule has 0 unspecified atom stereocenters. The minimum absolute atomic E-state index is 0.0720. The van der Waals surface area contributed by atoms with Gasteiger partial charge in [0.15, 0.2) is 0 Å². The summed E-state index contributed by atoms with van der Waals surface area (Å²) < 4.78 is 5.60. The molecule has 1 N–H and O–H groups in total. The van der Waals surface area contributed by atoms with Gasteiger partial charge >= 0.3 is 5.97 Å². The first-order valence-corrected chi connectivity index (χ1v) is 9.20. The van der Waals surface area contributed by atoms with Crippen molar-refractivity contribution >= 4 is 68.5 Å². The number of hydrogen-bond acceptors (Lipinski definition) is 4. The summed E-state index contributed by atoms with van der Waals surface area (Å²) in [5.41, 5.74) is 0.292. The zero-order valence-electron chi connectivity index (χ0n) is 12.4. The van der Waals surface area contributed by atoms with Crippen molar-refractivity contribution < 1.29 is 14.3 Å². The van der Waals surface area contributed by atoms with E-state index >= 15 is 0 Å². The molecule has 2 aromatic rings. The zero-order chi connectivity index (χ0) is 17.7. The molecule has 4 nitrogen and oxygen atoms in total. The van der Waals surface area contributed by atoms with Gasteiger partial charge in [-0.2, -0.15) is 0 Å². The molecule has 0 aliphatic rings. The van der Waals surface area contributed by atoms with Gasteiger partial charge in [0.1, 0.15) is 5.56 Å². The van der Waals surface area contributed by atoms with Crippen LogP contribution in [0.3, 0.4) is 0 Å². The van der Waals surface area contributed by atoms with Crippen molar-refractivity contribution in [2.75, 3.05) is 18.2 Å². The van der Waals surface area contributed by atoms with Gasteiger partial charge in [-0.25, -0.2) is 4.79 Å². The fourth-order valence-corrected chi connectivity index (χ4v) is 3.81. The molecule has 0 atom stereocenters. The van der Waals surface area contributed by atoms with Crippen LogP contribution in [0.4, 0.5) is 5.69 Å². The number of esters is 1. The van der Waals surface area contributed by atoms with E-state index in [0.717, 1.165) is 9.37 Å². The zero-order valence-corrected chi connectivity index (χ0v) is 16.4. The number of carbonyl (C=O) groups is 2. The first-order chi connectivity index (χ1) is 11.4. The molecule has 2 rings (SSSR count). The Bertz CT molecular complexity index is 786. The van der Waals surface area contributed by atoms with Crippen molar-refractivity contribution in [1.82, 2.24) is 0 Å². The molecule has 24 heavy (non-hydrogen) atoms. The number of thioether (sulfide) groups is 1. The Kier molecular flexibility index (Phi) is 6.98. The molecular weight excluding hydrogens is 437 g/mol. The third-order valence-electron chi connectivity index (χ3n) is 2.91. The first-order valence-electron chi connectivity index (χ1n) is 6.67. The van der Waals surface area contributed by atoms with E-state index in [-0.39, 0.29) is 27.9 Å². The molecule has 2 aromatic carbocycles. The molecule has 0 bridgehead atoms. The van der Waals surface area contributed by atoms with Crippen LogP contribution in [0.15, 0.2) is 45.8 Å². The smallest absolute Gasteiger partial charge is 0.341 e. The summed E-state index contributed by atoms with van der Waals surface area (Å²) in [5, 5.41) is 3.07. The number of anilines is 1. The Morgan fingerprint density at radius 3 is 2.62 bits per heavy atom. The highest BCUT2D eigenvalue weighted by Gasteiger charge is 2.19. The maximum Gasteiger partial charge on any atom is 0.341 e. The van der Waals surface area contributed by atoms with E-state index in [1.807, 2.05) is 24.3 Å². The summed E-state index contributed by atoms with van der Waals surface area (Å²) in [6, 6.07) is 10.5. The second-order valence-electron chi connectivity index (χ2n) is 4.57. The summed E-state index contributed by atoms with van der Waals surface area (Å²) in [6.07, 6.45) is 0. The largest absolute Gasteiger partial charge is 0.465 e. The average molecular weight is 449 g/mol. The van der Waals surface area contributed by atoms with Gasteiger partial charge in [-0.3, -0.25) is 4.79 Å². The van der Waals surface area contributed by atoms with Gasteiger partial charge in [0.2, 0.25) is 5.91 Å². The molecule has 0 aromatic heterocycles. The highest BCUT2D eigenvalue weighted by Crippen LogP contribution is 2.31. The van der Waals surface area contributed by atoms with Crippen molar-refractivity contribution in [3.63, 3.8) is 0 Å². The quantitative estimate of drug-likeness (QED) is 0.499. The summed E-state index contributed by atoms with van der Waals surface area (Å²) in [4.78, 5) is 25.0. The molecule has 0 saturated heterocycles. The van der Waals surface area contributed by atoms with Crippen LogP contribution in [-0.4, -0.2) is 24.7 Å². The molecule has 0 heterocycles. The predicted octanol–water partition coefficient (Wildman–Crippen LogP) is 5.27. The molecule has 0 aliphatic heterocycles. The van der Waals surface area contributed by atoms with Crippen LogP contribution in [0.1, 0.15) is 10.4 Å². The Hall–Kier alpha value is -1.21. The molecule has 8 heteroatoms. The maximum absolute atomic E-state index is 12.2. The number of benzene rings is 2. The molecule has 0 fully saturated rings. The van der Waals surface area contributed by atoms with Crippen molar-refractivity contribution in [2.24, 2.45) is 0 Å². The number of amides is 1. The Labute approximate surface area is 162 Å². The lowest BCUT2D eigenvalue weighted by molar-refractivity contribution is -0.113. The van der Waals surface area contributed by atoms with Crippen LogP contribution in [0, 0.1) is 0 Å². The summed E-state index contributed by atoms with van der Waals surface area (Å²) >= 11 is 16.8. The van der Waals surface area contributed by atoms with E-state index < -0.39 is 5.97 Å². The van der Waals surface area contributed by atoms with Crippen LogP contribution in [0.5, 0.6) is 0 Å². The van der Waals surface area contributed by atoms with Crippen molar-refractivity contribution in [2.45, 2.75) is 4.90 Å². The van der Waals surface area contributed by atoms with Crippen LogP contribution in [-0.2, 0) is 9.53 Å². The standard InChI is InChI=1S/C16H12BrCl2NO3S/c1-23-16(22)15-11(19)6-9(18)7-12(15)20-14(21)8-24-13-5-3-2-4-10(13)17/h2-7H,8H2,1H3,(H,20,21). The van der Waals surface area contributed by atoms with Gasteiger partial charge in [-0.05, 0) is 40.2 Å². The van der Waals surface area contributed by atoms with Gasteiger partial charge in [-0.1, -0.05) is 35.3 Å². The van der Waals surface area contributed by atoms with E-state index in [9.17, 15) is 9.59 Å². The Morgan fingerprint density at radius 2 is 1.96 bits per heavy atom. The minimum atomic E-state index is -0.648. The summed E-state index contributed by atoms with van der Waals surface area (Å²) in [6.45, 7) is 0. The van der Waals surface area contributed by atoms with Crippen molar-refractivity contribution in [1.29, 1.82) is 0 Å². The van der Waals surface area contributed by atoms with E-state index in [2.05, 4.69) is 21.2 Å². The lowest BCUT2D eigenvalue weighted by Gasteiger charge is -2.12. The number of hydrogen-bond donors (Lipinski definition) is 1. The third kappa shape index (κ3) is 4.89. The lowest BCUT2D eigenvalue weighted by atomic mass is 10.1. The average Bonchev–Trinajstić information content (AvgIpc) is 2.53. The van der Waals surface area contributed by atoms with Gasteiger partial charge in [-0.15, -0.1) is 11.8 Å². The van der Waals surface area contributed by atoms with Gasteiger partial charge in [0, 0.05) is 14.4 Å². The van der Waals surface area contributed by atoms with Gasteiger partial charge in [0.25, 0.3) is 0 Å². The third-order valence-corrected chi connectivity index (χ3v) is 5.46. The number of rotatable bonds is 5. The number of ether oxygens (including phenoxy) is 1. The van der Waals surface area contributed by atoms with E-state index in [4.69, 9.17) is 27.9 Å². The topological polar surface area (TPSA) is 55.4 Å². The molecule has 0 saturated carbocycles.